The third-order valence-corrected chi connectivity index (χ3v) is 11.8. The Kier molecular flexibility index (Phi) is 14.3. The van der Waals surface area contributed by atoms with Crippen LogP contribution in [0.1, 0.15) is 136 Å². The van der Waals surface area contributed by atoms with E-state index in [0.29, 0.717) is 0 Å². The van der Waals surface area contributed by atoms with E-state index in [9.17, 15) is 9.90 Å². The third-order valence-electron chi connectivity index (χ3n) is 11.8. The van der Waals surface area contributed by atoms with Crippen LogP contribution in [-0.4, -0.2) is 15.9 Å². The van der Waals surface area contributed by atoms with Crippen molar-refractivity contribution in [1.29, 1.82) is 0 Å². The molecule has 0 saturated heterocycles. The molecular formula is C46H62IrNO2-. The van der Waals surface area contributed by atoms with E-state index in [-0.39, 0.29) is 47.9 Å². The molecular weight excluding hydrogens is 791 g/mol. The van der Waals surface area contributed by atoms with Crippen LogP contribution in [0.25, 0.3) is 32.9 Å². The number of rotatable bonds is 10. The Labute approximate surface area is 317 Å². The first-order valence-electron chi connectivity index (χ1n) is 18.9. The Morgan fingerprint density at radius 1 is 0.880 bits per heavy atom. The standard InChI is InChI=1S/C31H34N.C15H28O2.Ir/c1-20-14-21(2)30-25(16-22-10-6-7-11-22)19-28(32-29(30)15-20)24-17-23-12-8-9-13-26(23)27(18-24)31(3,4)5;1-7-14(5,8-2)12(16)11-13(17)15(6,9-3)10-4;/h8-9,12-15,18-19,22H,6-7,10-11,16H2,1-5H3;11,16H,7-10H2,1-6H3;/q-1;;/b;12-11-;. The summed E-state index contributed by atoms with van der Waals surface area (Å²) in [5.74, 6) is 1.09. The summed E-state index contributed by atoms with van der Waals surface area (Å²) in [6.07, 6.45) is 11.4. The average Bonchev–Trinajstić information content (AvgIpc) is 3.59. The molecule has 1 aliphatic rings. The first kappa shape index (κ1) is 41.6. The van der Waals surface area contributed by atoms with Crippen molar-refractivity contribution in [1.82, 2.24) is 4.98 Å². The van der Waals surface area contributed by atoms with Crippen LogP contribution in [0.15, 0.2) is 60.4 Å². The van der Waals surface area contributed by atoms with Gasteiger partial charge in [-0.3, -0.25) is 9.78 Å². The zero-order chi connectivity index (χ0) is 36.1. The van der Waals surface area contributed by atoms with Crippen molar-refractivity contribution in [3.63, 3.8) is 0 Å². The van der Waals surface area contributed by atoms with Gasteiger partial charge >= 0.3 is 0 Å². The number of carbonyl (C=O) groups is 1. The summed E-state index contributed by atoms with van der Waals surface area (Å²) in [6.45, 7) is 23.4. The minimum Gasteiger partial charge on any atom is -0.512 e. The molecule has 1 N–H and O–H groups in total. The van der Waals surface area contributed by atoms with Gasteiger partial charge in [0.1, 0.15) is 5.76 Å². The molecule has 0 bridgehead atoms. The first-order chi connectivity index (χ1) is 23.1. The Balaban J connectivity index is 0.000000323. The molecule has 5 rings (SSSR count). The summed E-state index contributed by atoms with van der Waals surface area (Å²) in [5, 5.41) is 14.0. The van der Waals surface area contributed by atoms with E-state index in [1.165, 1.54) is 70.2 Å². The van der Waals surface area contributed by atoms with Gasteiger partial charge in [-0.05, 0) is 80.0 Å². The number of aliphatic hydroxyl groups is 1. The number of hydrogen-bond acceptors (Lipinski definition) is 3. The number of aromatic nitrogens is 1. The van der Waals surface area contributed by atoms with Gasteiger partial charge in [0.2, 0.25) is 0 Å². The largest absolute Gasteiger partial charge is 0.512 e. The first-order valence-corrected chi connectivity index (χ1v) is 18.9. The second-order valence-corrected chi connectivity index (χ2v) is 16.3. The molecule has 1 heterocycles. The molecule has 0 aliphatic heterocycles. The summed E-state index contributed by atoms with van der Waals surface area (Å²) in [6, 6.07) is 21.6. The maximum atomic E-state index is 12.2. The number of hydrogen-bond donors (Lipinski definition) is 1. The van der Waals surface area contributed by atoms with Crippen molar-refractivity contribution >= 4 is 27.5 Å². The minimum atomic E-state index is -0.337. The van der Waals surface area contributed by atoms with Gasteiger partial charge in [0.25, 0.3) is 0 Å². The summed E-state index contributed by atoms with van der Waals surface area (Å²) < 4.78 is 0. The number of nitrogens with zero attached hydrogens (tertiary/aromatic N) is 1. The molecule has 0 amide bonds. The van der Waals surface area contributed by atoms with Crippen molar-refractivity contribution < 1.29 is 30.0 Å². The smallest absolute Gasteiger partial charge is 0.164 e. The van der Waals surface area contributed by atoms with E-state index in [1.807, 2.05) is 41.5 Å². The molecule has 273 valence electrons. The Hall–Kier alpha value is -2.81. The van der Waals surface area contributed by atoms with Crippen molar-refractivity contribution in [2.75, 3.05) is 0 Å². The van der Waals surface area contributed by atoms with Crippen molar-refractivity contribution in [3.8, 4) is 11.3 Å². The Morgan fingerprint density at radius 2 is 1.48 bits per heavy atom. The molecule has 1 fully saturated rings. The number of benzene rings is 3. The Bertz CT molecular complexity index is 1800. The van der Waals surface area contributed by atoms with E-state index >= 15 is 0 Å². The summed E-state index contributed by atoms with van der Waals surface area (Å²) in [5.41, 5.74) is 8.22. The maximum Gasteiger partial charge on any atom is 0.164 e. The number of fused-ring (bicyclic) bond motifs is 2. The zero-order valence-corrected chi connectivity index (χ0v) is 35.2. The van der Waals surface area contributed by atoms with Crippen molar-refractivity contribution in [2.45, 2.75) is 139 Å². The van der Waals surface area contributed by atoms with E-state index in [0.717, 1.165) is 54.8 Å². The average molecular weight is 853 g/mol. The zero-order valence-electron chi connectivity index (χ0n) is 32.8. The topological polar surface area (TPSA) is 50.2 Å². The normalized spacial score (nSPS) is 14.4. The van der Waals surface area contributed by atoms with Gasteiger partial charge in [0, 0.05) is 48.1 Å². The summed E-state index contributed by atoms with van der Waals surface area (Å²) >= 11 is 0. The molecule has 1 saturated carbocycles. The fourth-order valence-corrected chi connectivity index (χ4v) is 7.35. The quantitative estimate of drug-likeness (QED) is 0.0982. The molecule has 3 aromatic carbocycles. The number of ketones is 1. The van der Waals surface area contributed by atoms with Crippen LogP contribution in [0.3, 0.4) is 0 Å². The molecule has 0 atom stereocenters. The monoisotopic (exact) mass is 853 g/mol. The predicted octanol–water partition coefficient (Wildman–Crippen LogP) is 13.1. The van der Waals surface area contributed by atoms with Gasteiger partial charge in [-0.15, -0.1) is 29.1 Å². The molecule has 3 nitrogen and oxygen atoms in total. The van der Waals surface area contributed by atoms with Gasteiger partial charge in [-0.1, -0.05) is 129 Å². The summed E-state index contributed by atoms with van der Waals surface area (Å²) in [4.78, 5) is 17.4. The van der Waals surface area contributed by atoms with E-state index in [1.54, 1.807) is 0 Å². The number of pyridine rings is 1. The van der Waals surface area contributed by atoms with E-state index < -0.39 is 0 Å². The van der Waals surface area contributed by atoms with Crippen LogP contribution >= 0.6 is 0 Å². The predicted molar refractivity (Wildman–Crippen MR) is 210 cm³/mol. The fourth-order valence-electron chi connectivity index (χ4n) is 7.35. The summed E-state index contributed by atoms with van der Waals surface area (Å²) in [7, 11) is 0. The van der Waals surface area contributed by atoms with Crippen LogP contribution < -0.4 is 0 Å². The Morgan fingerprint density at radius 3 is 2.06 bits per heavy atom. The molecule has 4 aromatic rings. The van der Waals surface area contributed by atoms with Crippen LogP contribution in [0.4, 0.5) is 0 Å². The van der Waals surface area contributed by atoms with Crippen LogP contribution in [0.2, 0.25) is 0 Å². The van der Waals surface area contributed by atoms with E-state index in [2.05, 4.69) is 89.2 Å². The maximum absolute atomic E-state index is 12.2. The van der Waals surface area contributed by atoms with Crippen LogP contribution in [0.5, 0.6) is 0 Å². The van der Waals surface area contributed by atoms with Crippen LogP contribution in [-0.2, 0) is 36.7 Å². The van der Waals surface area contributed by atoms with Crippen LogP contribution in [0, 0.1) is 36.7 Å². The van der Waals surface area contributed by atoms with Gasteiger partial charge < -0.3 is 5.11 Å². The molecule has 0 unspecified atom stereocenters. The van der Waals surface area contributed by atoms with Gasteiger partial charge in [0.05, 0.1) is 5.52 Å². The SMILES string of the molecule is CCC(C)(CC)C(=O)/C=C(\O)C(C)(CC)CC.Cc1cc(C)c2c(CC3CCCC3)cc(-c3[c-]c4ccccc4c(C(C)(C)C)c3)nc2c1.[Ir]. The molecule has 50 heavy (non-hydrogen) atoms. The van der Waals surface area contributed by atoms with E-state index in [4.69, 9.17) is 4.98 Å². The van der Waals surface area contributed by atoms with Gasteiger partial charge in [-0.25, -0.2) is 0 Å². The minimum absolute atomic E-state index is 0. The van der Waals surface area contributed by atoms with Gasteiger partial charge in [0.15, 0.2) is 5.78 Å². The number of aliphatic hydroxyl groups excluding tert-OH is 1. The molecule has 1 aromatic heterocycles. The number of allylic oxidation sites excluding steroid dienone is 2. The second kappa shape index (κ2) is 17.1. The molecule has 0 spiro atoms. The number of aryl methyl sites for hydroxylation is 2. The molecule has 1 aliphatic carbocycles. The fraction of sp³-hybridized carbons (Fsp3) is 0.522. The number of carbonyl (C=O) groups excluding carboxylic acids is 1. The van der Waals surface area contributed by atoms with Gasteiger partial charge in [-0.2, -0.15) is 0 Å². The third kappa shape index (κ3) is 9.34. The second-order valence-electron chi connectivity index (χ2n) is 16.3. The van der Waals surface area contributed by atoms with Crippen molar-refractivity contribution in [3.05, 3.63) is 88.7 Å². The van der Waals surface area contributed by atoms with Crippen molar-refractivity contribution in [2.24, 2.45) is 16.7 Å². The molecule has 1 radical (unpaired) electrons. The molecule has 4 heteroatoms.